The molecule has 2 aromatic carbocycles. The zero-order valence-electron chi connectivity index (χ0n) is 16.7. The highest BCUT2D eigenvalue weighted by Crippen LogP contribution is 2.37. The quantitative estimate of drug-likeness (QED) is 0.631. The second-order valence-electron chi connectivity index (χ2n) is 7.00. The molecule has 29 heavy (non-hydrogen) atoms. The van der Waals surface area contributed by atoms with Crippen molar-refractivity contribution in [2.45, 2.75) is 26.2 Å². The molecule has 0 N–H and O–H groups in total. The molecular weight excluding hydrogens is 370 g/mol. The van der Waals surface area contributed by atoms with Crippen LogP contribution < -0.4 is 14.4 Å². The number of carbonyl (C=O) groups excluding carboxylic acids is 1. The number of ether oxygens (including phenoxy) is 2. The lowest BCUT2D eigenvalue weighted by atomic mass is 10.1. The number of methoxy groups -OCH3 is 1. The van der Waals surface area contributed by atoms with Gasteiger partial charge in [-0.3, -0.25) is 4.79 Å². The smallest absolute Gasteiger partial charge is 0.232 e. The van der Waals surface area contributed by atoms with Crippen molar-refractivity contribution in [3.05, 3.63) is 53.9 Å². The van der Waals surface area contributed by atoms with E-state index in [0.717, 1.165) is 22.6 Å². The van der Waals surface area contributed by atoms with E-state index in [-0.39, 0.29) is 11.8 Å². The predicted molar refractivity (Wildman–Crippen MR) is 108 cm³/mol. The first kappa shape index (κ1) is 19.0. The molecule has 7 nitrogen and oxygen atoms in total. The minimum Gasteiger partial charge on any atom is -0.495 e. The van der Waals surface area contributed by atoms with Crippen molar-refractivity contribution in [1.82, 2.24) is 10.1 Å². The van der Waals surface area contributed by atoms with E-state index in [9.17, 15) is 4.79 Å². The Morgan fingerprint density at radius 2 is 2.10 bits per heavy atom. The largest absolute Gasteiger partial charge is 0.495 e. The summed E-state index contributed by atoms with van der Waals surface area (Å²) in [5.74, 6) is 2.22. The fraction of sp³-hybridized carbons (Fsp3) is 0.318. The predicted octanol–water partition coefficient (Wildman–Crippen LogP) is 3.97. The van der Waals surface area contributed by atoms with Crippen LogP contribution in [0, 0.1) is 6.92 Å². The SMILES string of the molecule is CCOc1cccc(-c2noc(C3CC(=O)N(c4cc(C)ccc4OC)C3)n2)c1. The Labute approximate surface area is 169 Å². The monoisotopic (exact) mass is 393 g/mol. The average Bonchev–Trinajstić information content (AvgIpc) is 3.35. The van der Waals surface area contributed by atoms with Crippen LogP contribution in [0.5, 0.6) is 11.5 Å². The van der Waals surface area contributed by atoms with Gasteiger partial charge in [0.05, 0.1) is 25.3 Å². The molecule has 150 valence electrons. The van der Waals surface area contributed by atoms with Crippen LogP contribution in [0.4, 0.5) is 5.69 Å². The van der Waals surface area contributed by atoms with Crippen LogP contribution in [0.1, 0.15) is 30.7 Å². The van der Waals surface area contributed by atoms with Crippen molar-refractivity contribution in [2.75, 3.05) is 25.2 Å². The summed E-state index contributed by atoms with van der Waals surface area (Å²) < 4.78 is 16.5. The summed E-state index contributed by atoms with van der Waals surface area (Å²) in [6, 6.07) is 13.3. The summed E-state index contributed by atoms with van der Waals surface area (Å²) in [7, 11) is 1.60. The first-order valence-corrected chi connectivity index (χ1v) is 9.61. The molecule has 1 atom stereocenters. The van der Waals surface area contributed by atoms with Crippen LogP contribution in [0.3, 0.4) is 0 Å². The number of aryl methyl sites for hydroxylation is 1. The van der Waals surface area contributed by atoms with Crippen molar-refractivity contribution < 1.29 is 18.8 Å². The molecule has 3 aromatic rings. The summed E-state index contributed by atoms with van der Waals surface area (Å²) in [5, 5.41) is 4.11. The van der Waals surface area contributed by atoms with Gasteiger partial charge in [0.25, 0.3) is 0 Å². The lowest BCUT2D eigenvalue weighted by Crippen LogP contribution is -2.25. The van der Waals surface area contributed by atoms with E-state index in [1.54, 1.807) is 12.0 Å². The molecule has 1 amide bonds. The Bertz CT molecular complexity index is 1030. The van der Waals surface area contributed by atoms with Crippen LogP contribution in [0.25, 0.3) is 11.4 Å². The maximum Gasteiger partial charge on any atom is 0.232 e. The highest BCUT2D eigenvalue weighted by atomic mass is 16.5. The first-order chi connectivity index (χ1) is 14.1. The number of carbonyl (C=O) groups is 1. The zero-order valence-corrected chi connectivity index (χ0v) is 16.7. The van der Waals surface area contributed by atoms with Gasteiger partial charge in [-0.15, -0.1) is 0 Å². The number of nitrogens with zero attached hydrogens (tertiary/aromatic N) is 3. The van der Waals surface area contributed by atoms with E-state index < -0.39 is 0 Å². The lowest BCUT2D eigenvalue weighted by molar-refractivity contribution is -0.117. The van der Waals surface area contributed by atoms with Gasteiger partial charge in [0.2, 0.25) is 17.6 Å². The van der Waals surface area contributed by atoms with Crippen molar-refractivity contribution in [1.29, 1.82) is 0 Å². The highest BCUT2D eigenvalue weighted by Gasteiger charge is 2.36. The van der Waals surface area contributed by atoms with Gasteiger partial charge in [-0.25, -0.2) is 0 Å². The Balaban J connectivity index is 1.56. The minimum atomic E-state index is -0.163. The summed E-state index contributed by atoms with van der Waals surface area (Å²) >= 11 is 0. The Hall–Kier alpha value is -3.35. The van der Waals surface area contributed by atoms with E-state index in [0.29, 0.717) is 37.0 Å². The second kappa shape index (κ2) is 7.95. The molecule has 1 aliphatic heterocycles. The molecular formula is C22H23N3O4. The summed E-state index contributed by atoms with van der Waals surface area (Å²) in [6.07, 6.45) is 0.317. The van der Waals surface area contributed by atoms with Crippen molar-refractivity contribution >= 4 is 11.6 Å². The number of aromatic nitrogens is 2. The summed E-state index contributed by atoms with van der Waals surface area (Å²) in [4.78, 5) is 19.0. The van der Waals surface area contributed by atoms with Crippen LogP contribution in [-0.4, -0.2) is 36.3 Å². The van der Waals surface area contributed by atoms with Gasteiger partial charge in [-0.1, -0.05) is 23.4 Å². The highest BCUT2D eigenvalue weighted by molar-refractivity contribution is 5.97. The average molecular weight is 393 g/mol. The van der Waals surface area contributed by atoms with E-state index in [1.807, 2.05) is 56.3 Å². The number of benzene rings is 2. The Morgan fingerprint density at radius 3 is 2.90 bits per heavy atom. The summed E-state index contributed by atoms with van der Waals surface area (Å²) in [5.41, 5.74) is 2.64. The van der Waals surface area contributed by atoms with Crippen LogP contribution in [0.15, 0.2) is 47.0 Å². The molecule has 0 saturated carbocycles. The standard InChI is InChI=1S/C22H23N3O4/c1-4-28-17-7-5-6-15(11-17)21-23-22(29-24-21)16-12-20(26)25(13-16)18-10-14(2)8-9-19(18)27-3/h5-11,16H,4,12-13H2,1-3H3. The Kier molecular flexibility index (Phi) is 5.20. The molecule has 1 aromatic heterocycles. The van der Waals surface area contributed by atoms with Gasteiger partial charge >= 0.3 is 0 Å². The van der Waals surface area contributed by atoms with Gasteiger partial charge in [-0.2, -0.15) is 4.98 Å². The number of hydrogen-bond donors (Lipinski definition) is 0. The third kappa shape index (κ3) is 3.81. The van der Waals surface area contributed by atoms with Gasteiger partial charge in [-0.05, 0) is 43.7 Å². The molecule has 1 aliphatic rings. The zero-order chi connectivity index (χ0) is 20.4. The Morgan fingerprint density at radius 1 is 1.24 bits per heavy atom. The molecule has 0 radical (unpaired) electrons. The van der Waals surface area contributed by atoms with Crippen molar-refractivity contribution in [3.63, 3.8) is 0 Å². The molecule has 2 heterocycles. The molecule has 7 heteroatoms. The van der Waals surface area contributed by atoms with Crippen LogP contribution in [0.2, 0.25) is 0 Å². The second-order valence-corrected chi connectivity index (χ2v) is 7.00. The fourth-order valence-corrected chi connectivity index (χ4v) is 3.53. The molecule has 1 unspecified atom stereocenters. The molecule has 0 bridgehead atoms. The number of amides is 1. The van der Waals surface area contributed by atoms with Crippen molar-refractivity contribution in [2.24, 2.45) is 0 Å². The third-order valence-corrected chi connectivity index (χ3v) is 4.94. The topological polar surface area (TPSA) is 77.7 Å². The van der Waals surface area contributed by atoms with Crippen LogP contribution >= 0.6 is 0 Å². The molecule has 0 spiro atoms. The molecule has 4 rings (SSSR count). The van der Waals surface area contributed by atoms with Gasteiger partial charge in [0.1, 0.15) is 11.5 Å². The van der Waals surface area contributed by atoms with E-state index >= 15 is 0 Å². The maximum absolute atomic E-state index is 12.7. The summed E-state index contributed by atoms with van der Waals surface area (Å²) in [6.45, 7) is 4.98. The van der Waals surface area contributed by atoms with Gasteiger partial charge in [0, 0.05) is 18.5 Å². The van der Waals surface area contributed by atoms with Crippen molar-refractivity contribution in [3.8, 4) is 22.9 Å². The lowest BCUT2D eigenvalue weighted by Gasteiger charge is -2.19. The van der Waals surface area contributed by atoms with E-state index in [2.05, 4.69) is 10.1 Å². The number of hydrogen-bond acceptors (Lipinski definition) is 6. The first-order valence-electron chi connectivity index (χ1n) is 9.61. The number of rotatable bonds is 6. The third-order valence-electron chi connectivity index (χ3n) is 4.94. The van der Waals surface area contributed by atoms with Gasteiger partial charge in [0.15, 0.2) is 0 Å². The minimum absolute atomic E-state index is 0.0111. The van der Waals surface area contributed by atoms with Crippen LogP contribution in [-0.2, 0) is 4.79 Å². The van der Waals surface area contributed by atoms with E-state index in [4.69, 9.17) is 14.0 Å². The van der Waals surface area contributed by atoms with E-state index in [1.165, 1.54) is 0 Å². The molecule has 0 aliphatic carbocycles. The fourth-order valence-electron chi connectivity index (χ4n) is 3.53. The normalized spacial score (nSPS) is 16.3. The maximum atomic E-state index is 12.7. The molecule has 1 fully saturated rings. The molecule has 1 saturated heterocycles. The van der Waals surface area contributed by atoms with Gasteiger partial charge < -0.3 is 18.9 Å². The number of anilines is 1.